The van der Waals surface area contributed by atoms with Crippen molar-refractivity contribution in [2.24, 2.45) is 0 Å². The molecular formula is C16H17NO4. The number of carbonyl (C=O) groups is 2. The molecule has 1 aromatic heterocycles. The summed E-state index contributed by atoms with van der Waals surface area (Å²) in [7, 11) is 0. The highest BCUT2D eigenvalue weighted by molar-refractivity contribution is 6.06. The summed E-state index contributed by atoms with van der Waals surface area (Å²) in [5.74, 6) is -0.541. The molecule has 1 fully saturated rings. The van der Waals surface area contributed by atoms with Crippen molar-refractivity contribution in [1.82, 2.24) is 4.90 Å². The van der Waals surface area contributed by atoms with E-state index in [-0.39, 0.29) is 24.5 Å². The van der Waals surface area contributed by atoms with Gasteiger partial charge in [0.25, 0.3) is 5.91 Å². The van der Waals surface area contributed by atoms with Crippen LogP contribution in [0.1, 0.15) is 30.1 Å². The summed E-state index contributed by atoms with van der Waals surface area (Å²) in [6.45, 7) is 2.07. The number of hydrogen-bond acceptors (Lipinski definition) is 4. The van der Waals surface area contributed by atoms with E-state index in [1.807, 2.05) is 24.3 Å². The van der Waals surface area contributed by atoms with Gasteiger partial charge in [0.15, 0.2) is 0 Å². The minimum atomic E-state index is -0.370. The first-order valence-corrected chi connectivity index (χ1v) is 7.13. The van der Waals surface area contributed by atoms with Crippen molar-refractivity contribution in [2.45, 2.75) is 25.8 Å². The number of furan rings is 1. The second-order valence-electron chi connectivity index (χ2n) is 5.11. The molecule has 0 spiro atoms. The molecule has 1 amide bonds. The van der Waals surface area contributed by atoms with Crippen LogP contribution in [0.3, 0.4) is 0 Å². The predicted molar refractivity (Wildman–Crippen MR) is 76.9 cm³/mol. The van der Waals surface area contributed by atoms with Gasteiger partial charge in [-0.3, -0.25) is 9.59 Å². The van der Waals surface area contributed by atoms with E-state index in [9.17, 15) is 9.59 Å². The van der Waals surface area contributed by atoms with E-state index in [4.69, 9.17) is 9.15 Å². The highest BCUT2D eigenvalue weighted by Crippen LogP contribution is 2.30. The van der Waals surface area contributed by atoms with E-state index in [0.717, 1.165) is 18.2 Å². The molecule has 21 heavy (non-hydrogen) atoms. The van der Waals surface area contributed by atoms with Gasteiger partial charge in [-0.05, 0) is 25.8 Å². The van der Waals surface area contributed by atoms with Gasteiger partial charge in [0.2, 0.25) is 0 Å². The van der Waals surface area contributed by atoms with E-state index in [0.29, 0.717) is 17.8 Å². The Morgan fingerprint density at radius 1 is 1.33 bits per heavy atom. The summed E-state index contributed by atoms with van der Waals surface area (Å²) < 4.78 is 10.4. The number of para-hydroxylation sites is 1. The Hall–Kier alpha value is -2.30. The van der Waals surface area contributed by atoms with Crippen molar-refractivity contribution in [3.05, 3.63) is 36.1 Å². The first-order valence-electron chi connectivity index (χ1n) is 7.13. The number of nitrogens with zero attached hydrogens (tertiary/aromatic N) is 1. The molecule has 0 aliphatic heterocycles. The van der Waals surface area contributed by atoms with Crippen LogP contribution in [0.25, 0.3) is 11.0 Å². The summed E-state index contributed by atoms with van der Waals surface area (Å²) in [6, 6.07) is 7.52. The minimum Gasteiger partial charge on any atom is -0.465 e. The number of ether oxygens (including phenoxy) is 1. The quantitative estimate of drug-likeness (QED) is 0.793. The Kier molecular flexibility index (Phi) is 3.64. The molecule has 0 atom stereocenters. The van der Waals surface area contributed by atoms with Crippen molar-refractivity contribution in [3.8, 4) is 0 Å². The molecule has 3 rings (SSSR count). The van der Waals surface area contributed by atoms with Gasteiger partial charge in [-0.2, -0.15) is 0 Å². The molecule has 110 valence electrons. The molecule has 0 N–H and O–H groups in total. The maximum Gasteiger partial charge on any atom is 0.325 e. The van der Waals surface area contributed by atoms with Gasteiger partial charge in [0.05, 0.1) is 12.2 Å². The number of amides is 1. The highest BCUT2D eigenvalue weighted by atomic mass is 16.5. The zero-order chi connectivity index (χ0) is 14.8. The Morgan fingerprint density at radius 3 is 2.81 bits per heavy atom. The van der Waals surface area contributed by atoms with Crippen LogP contribution in [0.2, 0.25) is 0 Å². The summed E-state index contributed by atoms with van der Waals surface area (Å²) in [5, 5.41) is 0.775. The first-order chi connectivity index (χ1) is 10.2. The van der Waals surface area contributed by atoms with Crippen molar-refractivity contribution in [1.29, 1.82) is 0 Å². The maximum atomic E-state index is 12.7. The van der Waals surface area contributed by atoms with Crippen LogP contribution in [0.15, 0.2) is 34.9 Å². The monoisotopic (exact) mass is 287 g/mol. The van der Waals surface area contributed by atoms with E-state index in [1.54, 1.807) is 11.8 Å². The summed E-state index contributed by atoms with van der Waals surface area (Å²) in [5.41, 5.74) is 1.18. The smallest absolute Gasteiger partial charge is 0.325 e. The van der Waals surface area contributed by atoms with Crippen molar-refractivity contribution in [2.75, 3.05) is 13.2 Å². The van der Waals surface area contributed by atoms with Crippen LogP contribution in [0.5, 0.6) is 0 Å². The van der Waals surface area contributed by atoms with Crippen LogP contribution in [-0.4, -0.2) is 36.0 Å². The van der Waals surface area contributed by atoms with Gasteiger partial charge in [-0.1, -0.05) is 18.2 Å². The molecule has 0 saturated heterocycles. The Labute approximate surface area is 122 Å². The molecular weight excluding hydrogens is 270 g/mol. The highest BCUT2D eigenvalue weighted by Gasteiger charge is 2.35. The van der Waals surface area contributed by atoms with Crippen LogP contribution >= 0.6 is 0 Å². The standard InChI is InChI=1S/C16H17NO4/c1-2-20-15(18)9-17(11-7-8-11)16(19)13-10-21-14-6-4-3-5-12(13)14/h3-6,10-11H,2,7-9H2,1H3. The minimum absolute atomic E-state index is 0.00313. The topological polar surface area (TPSA) is 59.8 Å². The molecule has 5 nitrogen and oxygen atoms in total. The Balaban J connectivity index is 1.85. The zero-order valence-corrected chi connectivity index (χ0v) is 11.9. The van der Waals surface area contributed by atoms with Crippen LogP contribution in [0.4, 0.5) is 0 Å². The lowest BCUT2D eigenvalue weighted by molar-refractivity contribution is -0.144. The van der Waals surface area contributed by atoms with Crippen LogP contribution in [-0.2, 0) is 9.53 Å². The number of hydrogen-bond donors (Lipinski definition) is 0. The third kappa shape index (κ3) is 2.77. The normalized spacial score (nSPS) is 14.1. The molecule has 0 radical (unpaired) electrons. The van der Waals surface area contributed by atoms with Crippen molar-refractivity contribution in [3.63, 3.8) is 0 Å². The lowest BCUT2D eigenvalue weighted by atomic mass is 10.1. The van der Waals surface area contributed by atoms with Crippen molar-refractivity contribution >= 4 is 22.8 Å². The third-order valence-electron chi connectivity index (χ3n) is 3.56. The number of carbonyl (C=O) groups excluding carboxylic acids is 2. The molecule has 5 heteroatoms. The fourth-order valence-electron chi connectivity index (χ4n) is 2.40. The van der Waals surface area contributed by atoms with E-state index < -0.39 is 0 Å². The average Bonchev–Trinajstić information content (AvgIpc) is 3.23. The number of rotatable bonds is 5. The lowest BCUT2D eigenvalue weighted by Gasteiger charge is -2.20. The SMILES string of the molecule is CCOC(=O)CN(C(=O)c1coc2ccccc12)C1CC1. The van der Waals surface area contributed by atoms with Gasteiger partial charge < -0.3 is 14.1 Å². The molecule has 1 aliphatic rings. The van der Waals surface area contributed by atoms with E-state index in [1.165, 1.54) is 6.26 Å². The summed E-state index contributed by atoms with van der Waals surface area (Å²) in [6.07, 6.45) is 3.33. The fraction of sp³-hybridized carbons (Fsp3) is 0.375. The maximum absolute atomic E-state index is 12.7. The fourth-order valence-corrected chi connectivity index (χ4v) is 2.40. The Morgan fingerprint density at radius 2 is 2.10 bits per heavy atom. The molecule has 1 aliphatic carbocycles. The largest absolute Gasteiger partial charge is 0.465 e. The van der Waals surface area contributed by atoms with Gasteiger partial charge >= 0.3 is 5.97 Å². The van der Waals surface area contributed by atoms with Crippen molar-refractivity contribution < 1.29 is 18.7 Å². The molecule has 1 saturated carbocycles. The predicted octanol–water partition coefficient (Wildman–Crippen LogP) is 2.60. The van der Waals surface area contributed by atoms with Gasteiger partial charge in [0, 0.05) is 11.4 Å². The number of fused-ring (bicyclic) bond motifs is 1. The molecule has 0 unspecified atom stereocenters. The van der Waals surface area contributed by atoms with Crippen LogP contribution < -0.4 is 0 Å². The lowest BCUT2D eigenvalue weighted by Crippen LogP contribution is -2.38. The average molecular weight is 287 g/mol. The number of esters is 1. The second kappa shape index (κ2) is 5.60. The third-order valence-corrected chi connectivity index (χ3v) is 3.56. The van der Waals surface area contributed by atoms with Gasteiger partial charge in [-0.25, -0.2) is 0 Å². The van der Waals surface area contributed by atoms with E-state index >= 15 is 0 Å². The van der Waals surface area contributed by atoms with Gasteiger partial charge in [0.1, 0.15) is 18.4 Å². The van der Waals surface area contributed by atoms with E-state index in [2.05, 4.69) is 0 Å². The first kappa shape index (κ1) is 13.7. The summed E-state index contributed by atoms with van der Waals surface area (Å²) in [4.78, 5) is 26.0. The molecule has 1 aromatic carbocycles. The Bertz CT molecular complexity index is 672. The molecule has 0 bridgehead atoms. The van der Waals surface area contributed by atoms with Gasteiger partial charge in [-0.15, -0.1) is 0 Å². The molecule has 2 aromatic rings. The zero-order valence-electron chi connectivity index (χ0n) is 11.9. The summed E-state index contributed by atoms with van der Waals surface area (Å²) >= 11 is 0. The van der Waals surface area contributed by atoms with Crippen LogP contribution in [0, 0.1) is 0 Å². The second-order valence-corrected chi connectivity index (χ2v) is 5.11. The number of benzene rings is 1. The molecule has 1 heterocycles.